The summed E-state index contributed by atoms with van der Waals surface area (Å²) in [6.45, 7) is 4.10. The summed E-state index contributed by atoms with van der Waals surface area (Å²) in [5, 5.41) is 0. The molecule has 0 bridgehead atoms. The Labute approximate surface area is 157 Å². The van der Waals surface area contributed by atoms with Crippen LogP contribution < -0.4 is 4.90 Å². The molecule has 4 heteroatoms. The molecule has 2 aromatic carbocycles. The molecule has 2 aromatic heterocycles. The Morgan fingerprint density at radius 2 is 1.78 bits per heavy atom. The maximum absolute atomic E-state index is 13.0. The van der Waals surface area contributed by atoms with Crippen LogP contribution in [0.25, 0.3) is 16.9 Å². The summed E-state index contributed by atoms with van der Waals surface area (Å²) in [5.74, 6) is 0.765. The van der Waals surface area contributed by atoms with Crippen LogP contribution in [0.3, 0.4) is 0 Å². The van der Waals surface area contributed by atoms with Gasteiger partial charge in [-0.2, -0.15) is 0 Å². The molecule has 4 aromatic rings. The topological polar surface area (TPSA) is 37.6 Å². The summed E-state index contributed by atoms with van der Waals surface area (Å²) in [6.07, 6.45) is 2.45. The first-order valence-corrected chi connectivity index (χ1v) is 9.09. The van der Waals surface area contributed by atoms with E-state index in [0.717, 1.165) is 39.3 Å². The summed E-state index contributed by atoms with van der Waals surface area (Å²) >= 11 is 0. The predicted molar refractivity (Wildman–Crippen MR) is 107 cm³/mol. The van der Waals surface area contributed by atoms with E-state index in [9.17, 15) is 4.79 Å². The second kappa shape index (κ2) is 5.81. The van der Waals surface area contributed by atoms with Crippen molar-refractivity contribution in [2.45, 2.75) is 20.3 Å². The van der Waals surface area contributed by atoms with E-state index in [1.165, 1.54) is 0 Å². The summed E-state index contributed by atoms with van der Waals surface area (Å²) in [6, 6.07) is 20.3. The van der Waals surface area contributed by atoms with Gasteiger partial charge in [-0.1, -0.05) is 48.5 Å². The molecule has 0 saturated heterocycles. The quantitative estimate of drug-likeness (QED) is 0.517. The number of pyridine rings is 1. The molecule has 5 rings (SSSR count). The largest absolute Gasteiger partial charge is 0.298 e. The number of fused-ring (bicyclic) bond motifs is 2. The number of amides is 1. The number of aromatic nitrogens is 2. The van der Waals surface area contributed by atoms with Gasteiger partial charge in [0, 0.05) is 11.8 Å². The molecule has 1 aliphatic rings. The maximum atomic E-state index is 13.0. The van der Waals surface area contributed by atoms with Crippen molar-refractivity contribution in [2.75, 3.05) is 4.90 Å². The number of para-hydroxylation sites is 1. The first-order valence-electron chi connectivity index (χ1n) is 9.09. The Hall–Kier alpha value is -3.40. The third-order valence-electron chi connectivity index (χ3n) is 5.16. The fraction of sp³-hybridized carbons (Fsp3) is 0.130. The standard InChI is InChI=1S/C23H19N3O/c1-15-11-12-25-19(13-15)24-23(22(25)17-8-4-3-5-9-17)26-20(27)14-18-10-6-7-16(2)21(18)26/h3-13H,14H2,1-2H3. The number of carbonyl (C=O) groups is 1. The van der Waals surface area contributed by atoms with Crippen LogP contribution in [0.15, 0.2) is 66.9 Å². The Bertz CT molecular complexity index is 1190. The maximum Gasteiger partial charge on any atom is 0.237 e. The van der Waals surface area contributed by atoms with Crippen molar-refractivity contribution in [1.82, 2.24) is 9.38 Å². The van der Waals surface area contributed by atoms with Gasteiger partial charge in [-0.3, -0.25) is 14.1 Å². The predicted octanol–water partition coefficient (Wildman–Crippen LogP) is 4.84. The average Bonchev–Trinajstić information content (AvgIpc) is 3.19. The summed E-state index contributed by atoms with van der Waals surface area (Å²) in [4.78, 5) is 19.7. The van der Waals surface area contributed by atoms with E-state index < -0.39 is 0 Å². The van der Waals surface area contributed by atoms with Gasteiger partial charge in [0.25, 0.3) is 0 Å². The number of carbonyl (C=O) groups excluding carboxylic acids is 1. The number of hydrogen-bond donors (Lipinski definition) is 0. The van der Waals surface area contributed by atoms with Crippen LogP contribution in [0.5, 0.6) is 0 Å². The number of aryl methyl sites for hydroxylation is 2. The van der Waals surface area contributed by atoms with Gasteiger partial charge in [-0.05, 0) is 42.7 Å². The van der Waals surface area contributed by atoms with E-state index >= 15 is 0 Å². The van der Waals surface area contributed by atoms with Crippen molar-refractivity contribution < 1.29 is 4.79 Å². The highest BCUT2D eigenvalue weighted by Gasteiger charge is 2.34. The molecule has 3 heterocycles. The molecule has 0 aliphatic carbocycles. The van der Waals surface area contributed by atoms with Crippen LogP contribution in [0.2, 0.25) is 0 Å². The molecule has 0 unspecified atom stereocenters. The zero-order valence-electron chi connectivity index (χ0n) is 15.3. The zero-order valence-corrected chi connectivity index (χ0v) is 15.3. The summed E-state index contributed by atoms with van der Waals surface area (Å²) in [5.41, 5.74) is 7.09. The van der Waals surface area contributed by atoms with Crippen LogP contribution in [0, 0.1) is 13.8 Å². The number of nitrogens with zero attached hydrogens (tertiary/aromatic N) is 3. The van der Waals surface area contributed by atoms with Gasteiger partial charge in [0.15, 0.2) is 5.82 Å². The number of imidazole rings is 1. The normalized spacial score (nSPS) is 13.4. The van der Waals surface area contributed by atoms with Crippen LogP contribution in [0.1, 0.15) is 16.7 Å². The number of rotatable bonds is 2. The summed E-state index contributed by atoms with van der Waals surface area (Å²) < 4.78 is 2.07. The van der Waals surface area contributed by atoms with Crippen LogP contribution in [-0.2, 0) is 11.2 Å². The highest BCUT2D eigenvalue weighted by molar-refractivity contribution is 6.09. The van der Waals surface area contributed by atoms with E-state index in [0.29, 0.717) is 12.2 Å². The molecule has 0 N–H and O–H groups in total. The highest BCUT2D eigenvalue weighted by Crippen LogP contribution is 2.42. The molecule has 132 valence electrons. The molecule has 0 atom stereocenters. The molecular weight excluding hydrogens is 334 g/mol. The van der Waals surface area contributed by atoms with Crippen LogP contribution in [0.4, 0.5) is 11.5 Å². The molecule has 4 nitrogen and oxygen atoms in total. The number of benzene rings is 2. The van der Waals surface area contributed by atoms with Crippen LogP contribution >= 0.6 is 0 Å². The lowest BCUT2D eigenvalue weighted by molar-refractivity contribution is -0.116. The molecular formula is C23H19N3O. The Morgan fingerprint density at radius 1 is 0.963 bits per heavy atom. The van der Waals surface area contributed by atoms with E-state index in [4.69, 9.17) is 4.98 Å². The fourth-order valence-corrected chi connectivity index (χ4v) is 3.93. The lowest BCUT2D eigenvalue weighted by Gasteiger charge is -2.19. The molecule has 27 heavy (non-hydrogen) atoms. The Morgan fingerprint density at radius 3 is 2.59 bits per heavy atom. The lowest BCUT2D eigenvalue weighted by atomic mass is 10.1. The van der Waals surface area contributed by atoms with Crippen molar-refractivity contribution >= 4 is 23.1 Å². The minimum absolute atomic E-state index is 0.0663. The minimum atomic E-state index is 0.0663. The average molecular weight is 353 g/mol. The molecule has 0 fully saturated rings. The molecule has 0 spiro atoms. The van der Waals surface area contributed by atoms with E-state index in [2.05, 4.69) is 35.6 Å². The first-order chi connectivity index (χ1) is 13.1. The van der Waals surface area contributed by atoms with Crippen molar-refractivity contribution in [3.05, 3.63) is 83.6 Å². The van der Waals surface area contributed by atoms with Crippen molar-refractivity contribution in [2.24, 2.45) is 0 Å². The van der Waals surface area contributed by atoms with Crippen molar-refractivity contribution in [3.63, 3.8) is 0 Å². The highest BCUT2D eigenvalue weighted by atomic mass is 16.2. The summed E-state index contributed by atoms with van der Waals surface area (Å²) in [7, 11) is 0. The van der Waals surface area contributed by atoms with Crippen molar-refractivity contribution in [1.29, 1.82) is 0 Å². The van der Waals surface area contributed by atoms with Gasteiger partial charge in [-0.25, -0.2) is 4.98 Å². The fourth-order valence-electron chi connectivity index (χ4n) is 3.93. The third kappa shape index (κ3) is 2.37. The zero-order chi connectivity index (χ0) is 18.5. The molecule has 1 aliphatic heterocycles. The smallest absolute Gasteiger partial charge is 0.237 e. The third-order valence-corrected chi connectivity index (χ3v) is 5.16. The van der Waals surface area contributed by atoms with E-state index in [1.54, 1.807) is 4.90 Å². The van der Waals surface area contributed by atoms with Gasteiger partial charge in [0.1, 0.15) is 5.65 Å². The van der Waals surface area contributed by atoms with Gasteiger partial charge in [0.05, 0.1) is 17.8 Å². The Balaban J connectivity index is 1.84. The number of anilines is 2. The van der Waals surface area contributed by atoms with Gasteiger partial charge in [-0.15, -0.1) is 0 Å². The Kier molecular flexibility index (Phi) is 3.41. The SMILES string of the molecule is Cc1ccn2c(-c3ccccc3)c(N3C(=O)Cc4cccc(C)c43)nc2c1. The van der Waals surface area contributed by atoms with Gasteiger partial charge < -0.3 is 0 Å². The molecule has 0 saturated carbocycles. The van der Waals surface area contributed by atoms with Gasteiger partial charge >= 0.3 is 0 Å². The van der Waals surface area contributed by atoms with Gasteiger partial charge in [0.2, 0.25) is 5.91 Å². The molecule has 0 radical (unpaired) electrons. The van der Waals surface area contributed by atoms with E-state index in [1.807, 2.05) is 49.5 Å². The van der Waals surface area contributed by atoms with Crippen LogP contribution in [-0.4, -0.2) is 15.3 Å². The monoisotopic (exact) mass is 353 g/mol. The van der Waals surface area contributed by atoms with E-state index in [-0.39, 0.29) is 5.91 Å². The minimum Gasteiger partial charge on any atom is -0.298 e. The second-order valence-electron chi connectivity index (χ2n) is 7.07. The first kappa shape index (κ1) is 15.8. The second-order valence-corrected chi connectivity index (χ2v) is 7.07. The lowest BCUT2D eigenvalue weighted by Crippen LogP contribution is -2.22. The number of hydrogen-bond acceptors (Lipinski definition) is 2. The van der Waals surface area contributed by atoms with Crippen molar-refractivity contribution in [3.8, 4) is 11.3 Å². The molecule has 1 amide bonds.